The van der Waals surface area contributed by atoms with E-state index >= 15 is 0 Å². The van der Waals surface area contributed by atoms with E-state index in [2.05, 4.69) is 5.32 Å². The van der Waals surface area contributed by atoms with Crippen LogP contribution < -0.4 is 10.1 Å². The van der Waals surface area contributed by atoms with Gasteiger partial charge in [0.05, 0.1) is 45.7 Å². The van der Waals surface area contributed by atoms with Crippen molar-refractivity contribution in [3.8, 4) is 5.75 Å². The first-order valence-electron chi connectivity index (χ1n) is 8.55. The molecule has 6 nitrogen and oxygen atoms in total. The molecule has 1 aliphatic rings. The van der Waals surface area contributed by atoms with Gasteiger partial charge in [-0.2, -0.15) is 13.5 Å². The molecule has 158 valence electrons. The highest BCUT2D eigenvalue weighted by Gasteiger charge is 2.26. The van der Waals surface area contributed by atoms with E-state index in [1.165, 1.54) is 25.3 Å². The van der Waals surface area contributed by atoms with E-state index in [0.717, 1.165) is 0 Å². The maximum absolute atomic E-state index is 12.8. The Labute approximate surface area is 186 Å². The Kier molecular flexibility index (Phi) is 8.25. The number of ether oxygens (including phenoxy) is 2. The SMILES string of the molecule is COc1ccc(S(=O)(=O)C[C@H]2CCOC2)cc1C(=O)Nc1c(Cl)cccc1Cl.S. The fourth-order valence-electron chi connectivity index (χ4n) is 2.98. The van der Waals surface area contributed by atoms with Crippen molar-refractivity contribution < 1.29 is 22.7 Å². The topological polar surface area (TPSA) is 81.7 Å². The number of methoxy groups -OCH3 is 1. The van der Waals surface area contributed by atoms with Crippen LogP contribution in [0.15, 0.2) is 41.3 Å². The highest BCUT2D eigenvalue weighted by molar-refractivity contribution is 7.91. The molecule has 0 radical (unpaired) electrons. The van der Waals surface area contributed by atoms with Gasteiger partial charge < -0.3 is 14.8 Å². The van der Waals surface area contributed by atoms with Crippen LogP contribution in [0.1, 0.15) is 16.8 Å². The molecule has 1 heterocycles. The summed E-state index contributed by atoms with van der Waals surface area (Å²) in [6.07, 6.45) is 0.702. The zero-order valence-electron chi connectivity index (χ0n) is 15.6. The summed E-state index contributed by atoms with van der Waals surface area (Å²) < 4.78 is 36.0. The lowest BCUT2D eigenvalue weighted by Gasteiger charge is -2.14. The number of benzene rings is 2. The predicted octanol–water partition coefficient (Wildman–Crippen LogP) is 4.18. The average molecular weight is 478 g/mol. The first-order chi connectivity index (χ1) is 13.3. The summed E-state index contributed by atoms with van der Waals surface area (Å²) in [6, 6.07) is 9.03. The van der Waals surface area contributed by atoms with Gasteiger partial charge >= 0.3 is 0 Å². The monoisotopic (exact) mass is 477 g/mol. The zero-order valence-corrected chi connectivity index (χ0v) is 18.9. The lowest BCUT2D eigenvalue weighted by molar-refractivity contribution is 0.102. The third kappa shape index (κ3) is 5.58. The molecule has 0 spiro atoms. The standard InChI is InChI=1S/C19H19Cl2NO5S.H2S/c1-26-17-6-5-13(28(24,25)11-12-7-8-27-10-12)9-14(17)19(23)22-18-15(20)3-2-4-16(18)21;/h2-6,9,12H,7-8,10-11H2,1H3,(H,22,23);1H2/t12-;/m0./s1. The Morgan fingerprint density at radius 3 is 2.52 bits per heavy atom. The molecule has 0 bridgehead atoms. The van der Waals surface area contributed by atoms with E-state index < -0.39 is 15.7 Å². The van der Waals surface area contributed by atoms with Crippen molar-refractivity contribution in [1.82, 2.24) is 0 Å². The molecule has 1 saturated heterocycles. The number of hydrogen-bond donors (Lipinski definition) is 1. The van der Waals surface area contributed by atoms with Gasteiger partial charge in [0.15, 0.2) is 9.84 Å². The first kappa shape index (κ1) is 23.8. The predicted molar refractivity (Wildman–Crippen MR) is 119 cm³/mol. The Morgan fingerprint density at radius 2 is 1.93 bits per heavy atom. The minimum Gasteiger partial charge on any atom is -0.496 e. The third-order valence-corrected chi connectivity index (χ3v) is 6.97. The Bertz CT molecular complexity index is 972. The van der Waals surface area contributed by atoms with Gasteiger partial charge in [0.2, 0.25) is 0 Å². The van der Waals surface area contributed by atoms with Gasteiger partial charge in [-0.25, -0.2) is 8.42 Å². The van der Waals surface area contributed by atoms with Gasteiger partial charge in [-0.05, 0) is 42.7 Å². The average Bonchev–Trinajstić information content (AvgIpc) is 3.16. The van der Waals surface area contributed by atoms with Crippen LogP contribution in [0.2, 0.25) is 10.0 Å². The number of halogens is 2. The van der Waals surface area contributed by atoms with E-state index in [1.807, 2.05) is 0 Å². The molecule has 1 aliphatic heterocycles. The van der Waals surface area contributed by atoms with Gasteiger partial charge in [-0.15, -0.1) is 0 Å². The second-order valence-electron chi connectivity index (χ2n) is 6.42. The number of sulfone groups is 1. The lowest BCUT2D eigenvalue weighted by Crippen LogP contribution is -2.18. The molecule has 0 saturated carbocycles. The molecule has 29 heavy (non-hydrogen) atoms. The van der Waals surface area contributed by atoms with Crippen LogP contribution in [0.3, 0.4) is 0 Å². The molecule has 0 aliphatic carbocycles. The second-order valence-corrected chi connectivity index (χ2v) is 9.27. The van der Waals surface area contributed by atoms with Crippen molar-refractivity contribution in [1.29, 1.82) is 0 Å². The minimum atomic E-state index is -3.58. The number of hydrogen-bond acceptors (Lipinski definition) is 5. The van der Waals surface area contributed by atoms with Crippen molar-refractivity contribution in [3.05, 3.63) is 52.0 Å². The summed E-state index contributed by atoms with van der Waals surface area (Å²) >= 11 is 12.2. The molecule has 1 N–H and O–H groups in total. The number of amides is 1. The van der Waals surface area contributed by atoms with Crippen LogP contribution in [0.4, 0.5) is 5.69 Å². The second kappa shape index (κ2) is 10.0. The fourth-order valence-corrected chi connectivity index (χ4v) is 5.12. The van der Waals surface area contributed by atoms with E-state index in [0.29, 0.717) is 19.6 Å². The number of para-hydroxylation sites is 1. The summed E-state index contributed by atoms with van der Waals surface area (Å²) in [5.74, 6) is -0.417. The molecule has 10 heteroatoms. The molecular formula is C19H21Cl2NO5S2. The number of anilines is 1. The molecule has 1 fully saturated rings. The molecule has 0 unspecified atom stereocenters. The van der Waals surface area contributed by atoms with Crippen LogP contribution in [0, 0.1) is 5.92 Å². The Morgan fingerprint density at radius 1 is 1.24 bits per heavy atom. The maximum atomic E-state index is 12.8. The molecule has 1 amide bonds. The number of carbonyl (C=O) groups excluding carboxylic acids is 1. The van der Waals surface area contributed by atoms with Gasteiger partial charge in [0, 0.05) is 6.61 Å². The zero-order chi connectivity index (χ0) is 20.3. The Balaban J connectivity index is 0.00000300. The first-order valence-corrected chi connectivity index (χ1v) is 11.0. The van der Waals surface area contributed by atoms with Crippen LogP contribution in [-0.2, 0) is 14.6 Å². The van der Waals surface area contributed by atoms with Crippen LogP contribution >= 0.6 is 36.7 Å². The quantitative estimate of drug-likeness (QED) is 0.674. The van der Waals surface area contributed by atoms with Crippen molar-refractivity contribution in [3.63, 3.8) is 0 Å². The minimum absolute atomic E-state index is 0. The van der Waals surface area contributed by atoms with Crippen LogP contribution in [0.25, 0.3) is 0 Å². The highest BCUT2D eigenvalue weighted by Crippen LogP contribution is 2.32. The van der Waals surface area contributed by atoms with E-state index in [1.54, 1.807) is 18.2 Å². The molecule has 1 atom stereocenters. The van der Waals surface area contributed by atoms with Gasteiger partial charge in [0.25, 0.3) is 5.91 Å². The van der Waals surface area contributed by atoms with Crippen molar-refractivity contribution >= 4 is 58.1 Å². The van der Waals surface area contributed by atoms with E-state index in [9.17, 15) is 13.2 Å². The molecule has 2 aromatic rings. The van der Waals surface area contributed by atoms with E-state index in [-0.39, 0.29) is 57.1 Å². The molecule has 3 rings (SSSR count). The number of carbonyl (C=O) groups is 1. The normalized spacial score (nSPS) is 16.2. The summed E-state index contributed by atoms with van der Waals surface area (Å²) in [7, 11) is -2.18. The molecule has 2 aromatic carbocycles. The van der Waals surface area contributed by atoms with Crippen molar-refractivity contribution in [2.24, 2.45) is 5.92 Å². The number of rotatable bonds is 6. The smallest absolute Gasteiger partial charge is 0.259 e. The van der Waals surface area contributed by atoms with Gasteiger partial charge in [0.1, 0.15) is 5.75 Å². The summed E-state index contributed by atoms with van der Waals surface area (Å²) in [5, 5.41) is 3.16. The van der Waals surface area contributed by atoms with Crippen LogP contribution in [0.5, 0.6) is 5.75 Å². The highest BCUT2D eigenvalue weighted by atomic mass is 35.5. The summed E-state index contributed by atoms with van der Waals surface area (Å²) in [6.45, 7) is 0.989. The lowest BCUT2D eigenvalue weighted by atomic mass is 10.1. The van der Waals surface area contributed by atoms with Crippen molar-refractivity contribution in [2.45, 2.75) is 11.3 Å². The van der Waals surface area contributed by atoms with E-state index in [4.69, 9.17) is 32.7 Å². The largest absolute Gasteiger partial charge is 0.496 e. The van der Waals surface area contributed by atoms with Crippen molar-refractivity contribution in [2.75, 3.05) is 31.4 Å². The molecular weight excluding hydrogens is 457 g/mol. The Hall–Kier alpha value is -1.45. The van der Waals surface area contributed by atoms with Gasteiger partial charge in [-0.3, -0.25) is 4.79 Å². The molecule has 0 aromatic heterocycles. The maximum Gasteiger partial charge on any atom is 0.259 e. The fraction of sp³-hybridized carbons (Fsp3) is 0.316. The summed E-state index contributed by atoms with van der Waals surface area (Å²) in [4.78, 5) is 12.9. The number of nitrogens with one attached hydrogen (secondary N) is 1. The van der Waals surface area contributed by atoms with Crippen LogP contribution in [-0.4, -0.2) is 40.4 Å². The summed E-state index contributed by atoms with van der Waals surface area (Å²) in [5.41, 5.74) is 0.316. The third-order valence-electron chi connectivity index (χ3n) is 4.46. The van der Waals surface area contributed by atoms with Gasteiger partial charge in [-0.1, -0.05) is 29.3 Å².